The van der Waals surface area contributed by atoms with Crippen LogP contribution in [0.25, 0.3) is 0 Å². The number of esters is 2. The van der Waals surface area contributed by atoms with Crippen LogP contribution in [0.3, 0.4) is 0 Å². The van der Waals surface area contributed by atoms with E-state index in [9.17, 15) is 19.2 Å². The summed E-state index contributed by atoms with van der Waals surface area (Å²) < 4.78 is 8.37. The lowest BCUT2D eigenvalue weighted by Gasteiger charge is -2.20. The van der Waals surface area contributed by atoms with Gasteiger partial charge in [-0.25, -0.2) is 0 Å². The van der Waals surface area contributed by atoms with Crippen LogP contribution in [0.15, 0.2) is 0 Å². The summed E-state index contributed by atoms with van der Waals surface area (Å²) in [4.78, 5) is 41.6. The molecule has 0 rings (SSSR count). The summed E-state index contributed by atoms with van der Waals surface area (Å²) in [5, 5.41) is 17.2. The van der Waals surface area contributed by atoms with Crippen molar-refractivity contribution < 1.29 is 38.9 Å². The number of ether oxygens (including phenoxy) is 2. The normalized spacial score (nSPS) is 9.80. The number of hydrogen-bond donors (Lipinski definition) is 2. The molecule has 0 aromatic rings. The van der Waals surface area contributed by atoms with Gasteiger partial charge in [-0.2, -0.15) is 0 Å². The molecule has 0 radical (unpaired) electrons. The van der Waals surface area contributed by atoms with Crippen molar-refractivity contribution in [2.24, 2.45) is 5.41 Å². The number of aliphatic carboxylic acids is 2. The number of hydrogen-bond acceptors (Lipinski definition) is 6. The van der Waals surface area contributed by atoms with Gasteiger partial charge in [-0.1, -0.05) is 13.8 Å². The van der Waals surface area contributed by atoms with Crippen LogP contribution < -0.4 is 0 Å². The summed E-state index contributed by atoms with van der Waals surface area (Å²) in [5.74, 6) is -3.67. The van der Waals surface area contributed by atoms with Gasteiger partial charge >= 0.3 is 23.9 Å². The van der Waals surface area contributed by atoms with Crippen molar-refractivity contribution in [3.05, 3.63) is 0 Å². The largest absolute Gasteiger partial charge is 0.480 e. The number of carbonyl (C=O) groups excluding carboxylic acids is 2. The van der Waals surface area contributed by atoms with Crippen LogP contribution in [0.5, 0.6) is 0 Å². The Morgan fingerprint density at radius 2 is 1.15 bits per heavy atom. The minimum Gasteiger partial charge on any atom is -0.480 e. The van der Waals surface area contributed by atoms with E-state index >= 15 is 0 Å². The molecule has 0 amide bonds. The van der Waals surface area contributed by atoms with Gasteiger partial charge in [0.2, 0.25) is 0 Å². The zero-order valence-corrected chi connectivity index (χ0v) is 12.0. The second kappa shape index (κ2) is 9.76. The molecule has 0 saturated heterocycles. The summed E-state index contributed by atoms with van der Waals surface area (Å²) in [5.41, 5.74) is -1.58. The maximum atomic E-state index is 10.5. The molecule has 0 unspecified atom stereocenters. The molecule has 116 valence electrons. The highest BCUT2D eigenvalue weighted by Crippen LogP contribution is 2.26. The van der Waals surface area contributed by atoms with E-state index in [-0.39, 0.29) is 19.3 Å². The van der Waals surface area contributed by atoms with Gasteiger partial charge in [0.15, 0.2) is 5.41 Å². The van der Waals surface area contributed by atoms with E-state index < -0.39 is 29.3 Å². The number of carboxylic acid groups (broad SMARTS) is 2. The first kappa shape index (κ1) is 20.2. The van der Waals surface area contributed by atoms with Gasteiger partial charge in [0.25, 0.3) is 0 Å². The predicted molar refractivity (Wildman–Crippen MR) is 66.9 cm³/mol. The van der Waals surface area contributed by atoms with Crippen LogP contribution >= 0.6 is 0 Å². The Morgan fingerprint density at radius 3 is 1.25 bits per heavy atom. The molecule has 0 saturated carbocycles. The molecule has 0 bridgehead atoms. The molecular weight excluding hydrogens is 272 g/mol. The fourth-order valence-corrected chi connectivity index (χ4v) is 1.21. The molecule has 0 aliphatic heterocycles. The second-order valence-corrected chi connectivity index (χ2v) is 3.73. The third kappa shape index (κ3) is 6.17. The Hall–Kier alpha value is -2.12. The van der Waals surface area contributed by atoms with Crippen LogP contribution in [0.4, 0.5) is 0 Å². The molecule has 0 aromatic heterocycles. The molecule has 20 heavy (non-hydrogen) atoms. The summed E-state index contributed by atoms with van der Waals surface area (Å²) in [7, 11) is 2.43. The minimum atomic E-state index is -1.58. The molecule has 0 fully saturated rings. The minimum absolute atomic E-state index is 0.119. The lowest BCUT2D eigenvalue weighted by atomic mass is 9.83. The van der Waals surface area contributed by atoms with Crippen molar-refractivity contribution in [3.63, 3.8) is 0 Å². The Kier molecular flexibility index (Phi) is 9.86. The van der Waals surface area contributed by atoms with Crippen molar-refractivity contribution in [2.45, 2.75) is 33.1 Å². The van der Waals surface area contributed by atoms with Gasteiger partial charge in [0.1, 0.15) is 6.42 Å². The molecule has 2 N–H and O–H groups in total. The van der Waals surface area contributed by atoms with Crippen LogP contribution in [0.1, 0.15) is 33.1 Å². The molecule has 0 heterocycles. The van der Waals surface area contributed by atoms with Crippen LogP contribution in [0, 0.1) is 5.41 Å². The third-order valence-electron chi connectivity index (χ3n) is 2.77. The average molecular weight is 292 g/mol. The number of methoxy groups -OCH3 is 2. The first-order valence-corrected chi connectivity index (χ1v) is 5.82. The summed E-state index contributed by atoms with van der Waals surface area (Å²) in [6, 6.07) is 0. The van der Waals surface area contributed by atoms with E-state index in [0.29, 0.717) is 0 Å². The van der Waals surface area contributed by atoms with E-state index in [0.717, 1.165) is 0 Å². The molecule has 0 atom stereocenters. The van der Waals surface area contributed by atoms with Crippen molar-refractivity contribution in [2.75, 3.05) is 14.2 Å². The maximum absolute atomic E-state index is 10.5. The highest BCUT2D eigenvalue weighted by molar-refractivity contribution is 5.98. The van der Waals surface area contributed by atoms with Gasteiger partial charge in [0, 0.05) is 0 Å². The first-order valence-electron chi connectivity index (χ1n) is 5.82. The smallest absolute Gasteiger partial charge is 0.321 e. The van der Waals surface area contributed by atoms with E-state index in [2.05, 4.69) is 9.47 Å². The lowest BCUT2D eigenvalue weighted by Crippen LogP contribution is -2.38. The van der Waals surface area contributed by atoms with Gasteiger partial charge in [-0.3, -0.25) is 19.2 Å². The fraction of sp³-hybridized carbons (Fsp3) is 0.667. The highest BCUT2D eigenvalue weighted by Gasteiger charge is 2.42. The molecule has 0 aliphatic rings. The summed E-state index contributed by atoms with van der Waals surface area (Å²) >= 11 is 0. The zero-order valence-electron chi connectivity index (χ0n) is 12.0. The zero-order chi connectivity index (χ0) is 16.3. The summed E-state index contributed by atoms with van der Waals surface area (Å²) in [6.07, 6.45) is -0.0741. The quantitative estimate of drug-likeness (QED) is 0.540. The first-order chi connectivity index (χ1) is 9.21. The van der Waals surface area contributed by atoms with Gasteiger partial charge in [0.05, 0.1) is 14.2 Å². The number of carboxylic acids is 2. The third-order valence-corrected chi connectivity index (χ3v) is 2.77. The van der Waals surface area contributed by atoms with Gasteiger partial charge in [-0.15, -0.1) is 0 Å². The van der Waals surface area contributed by atoms with Gasteiger partial charge < -0.3 is 19.7 Å². The Morgan fingerprint density at radius 1 is 0.850 bits per heavy atom. The fourth-order valence-electron chi connectivity index (χ4n) is 1.21. The Bertz CT molecular complexity index is 326. The number of rotatable bonds is 6. The lowest BCUT2D eigenvalue weighted by molar-refractivity contribution is -0.165. The standard InChI is InChI=1S/C7H12O4.C5H8O4/c1-3-7(4-2,5(8)9)6(10)11;1-8-4(6)3-5(7)9-2/h3-4H2,1-2H3,(H,8,9)(H,10,11);3H2,1-2H3. The molecule has 8 heteroatoms. The summed E-state index contributed by atoms with van der Waals surface area (Å²) in [6.45, 7) is 3.12. The van der Waals surface area contributed by atoms with Crippen molar-refractivity contribution in [1.29, 1.82) is 0 Å². The monoisotopic (exact) mass is 292 g/mol. The maximum Gasteiger partial charge on any atom is 0.321 e. The second-order valence-electron chi connectivity index (χ2n) is 3.73. The number of carbonyl (C=O) groups is 4. The topological polar surface area (TPSA) is 127 Å². The SMILES string of the molecule is CCC(CC)(C(=O)O)C(=O)O.COC(=O)CC(=O)OC. The van der Waals surface area contributed by atoms with Gasteiger partial charge in [-0.05, 0) is 12.8 Å². The Labute approximate surface area is 116 Å². The van der Waals surface area contributed by atoms with E-state index in [1.807, 2.05) is 0 Å². The highest BCUT2D eigenvalue weighted by atomic mass is 16.5. The van der Waals surface area contributed by atoms with E-state index in [1.165, 1.54) is 14.2 Å². The van der Waals surface area contributed by atoms with Crippen LogP contribution in [-0.4, -0.2) is 48.3 Å². The Balaban J connectivity index is 0. The van der Waals surface area contributed by atoms with E-state index in [1.54, 1.807) is 13.8 Å². The average Bonchev–Trinajstić information content (AvgIpc) is 2.40. The molecule has 0 aliphatic carbocycles. The predicted octanol–water partition coefficient (Wildman–Crippen LogP) is 0.685. The molecule has 8 nitrogen and oxygen atoms in total. The van der Waals surface area contributed by atoms with Crippen molar-refractivity contribution in [1.82, 2.24) is 0 Å². The van der Waals surface area contributed by atoms with Crippen LogP contribution in [-0.2, 0) is 28.7 Å². The molecule has 0 aromatic carbocycles. The van der Waals surface area contributed by atoms with E-state index in [4.69, 9.17) is 10.2 Å². The van der Waals surface area contributed by atoms with Crippen molar-refractivity contribution in [3.8, 4) is 0 Å². The molecule has 0 spiro atoms. The van der Waals surface area contributed by atoms with Crippen molar-refractivity contribution >= 4 is 23.9 Å². The van der Waals surface area contributed by atoms with Crippen LogP contribution in [0.2, 0.25) is 0 Å². The molecular formula is C12H20O8.